The van der Waals surface area contributed by atoms with Gasteiger partial charge in [-0.05, 0) is 24.1 Å². The van der Waals surface area contributed by atoms with E-state index in [9.17, 15) is 17.6 Å². The van der Waals surface area contributed by atoms with Crippen molar-refractivity contribution in [1.82, 2.24) is 0 Å². The van der Waals surface area contributed by atoms with E-state index in [0.717, 1.165) is 31.4 Å². The minimum Gasteiger partial charge on any atom is -0.403 e. The molecule has 0 aliphatic heterocycles. The summed E-state index contributed by atoms with van der Waals surface area (Å²) in [5.74, 6) is -1.89. The van der Waals surface area contributed by atoms with Gasteiger partial charge in [-0.25, -0.2) is 4.39 Å². The summed E-state index contributed by atoms with van der Waals surface area (Å²) in [6.07, 6.45) is -1.26. The van der Waals surface area contributed by atoms with Crippen LogP contribution in [0.25, 0.3) is 0 Å². The van der Waals surface area contributed by atoms with Crippen LogP contribution in [0.5, 0.6) is 5.75 Å². The summed E-state index contributed by atoms with van der Waals surface area (Å²) < 4.78 is 52.9. The highest BCUT2D eigenvalue weighted by Gasteiger charge is 2.32. The first-order valence-corrected chi connectivity index (χ1v) is 6.14. The molecule has 0 saturated heterocycles. The maximum absolute atomic E-state index is 13.4. The number of rotatable bonds is 6. The van der Waals surface area contributed by atoms with Crippen molar-refractivity contribution in [3.05, 3.63) is 29.6 Å². The molecule has 0 bridgehead atoms. The Morgan fingerprint density at radius 3 is 2.40 bits per heavy atom. The molecule has 2 N–H and O–H groups in total. The van der Waals surface area contributed by atoms with Gasteiger partial charge < -0.3 is 10.5 Å². The number of benzene rings is 1. The second-order valence-corrected chi connectivity index (χ2v) is 4.34. The van der Waals surface area contributed by atoms with Crippen molar-refractivity contribution in [2.45, 2.75) is 45.0 Å². The summed E-state index contributed by atoms with van der Waals surface area (Å²) in [6.45, 7) is 2.05. The third-order valence-corrected chi connectivity index (χ3v) is 2.73. The molecule has 2 nitrogen and oxygen atoms in total. The highest BCUT2D eigenvalue weighted by Crippen LogP contribution is 2.28. The maximum atomic E-state index is 13.4. The average Bonchev–Trinajstić information content (AvgIpc) is 2.30. The SMILES string of the molecule is CCCCC[C@H](N)c1ccc(OC(F)(F)F)c(F)c1.Cl. The first-order chi connectivity index (χ1) is 8.83. The number of hydrogen-bond acceptors (Lipinski definition) is 2. The molecule has 0 aliphatic carbocycles. The van der Waals surface area contributed by atoms with Crippen LogP contribution in [0.3, 0.4) is 0 Å². The lowest BCUT2D eigenvalue weighted by molar-refractivity contribution is -0.275. The molecule has 1 rings (SSSR count). The Kier molecular flexibility index (Phi) is 7.90. The first-order valence-electron chi connectivity index (χ1n) is 6.14. The molecule has 0 radical (unpaired) electrons. The molecule has 0 aliphatic rings. The predicted octanol–water partition coefficient (Wildman–Crippen LogP) is 4.73. The molecule has 0 spiro atoms. The lowest BCUT2D eigenvalue weighted by Gasteiger charge is -2.14. The summed E-state index contributed by atoms with van der Waals surface area (Å²) in [7, 11) is 0. The largest absolute Gasteiger partial charge is 0.573 e. The lowest BCUT2D eigenvalue weighted by atomic mass is 10.0. The van der Waals surface area contributed by atoms with Crippen LogP contribution in [-0.2, 0) is 0 Å². The van der Waals surface area contributed by atoms with Crippen molar-refractivity contribution in [2.24, 2.45) is 5.73 Å². The monoisotopic (exact) mass is 315 g/mol. The number of ether oxygens (including phenoxy) is 1. The number of unbranched alkanes of at least 4 members (excludes halogenated alkanes) is 2. The second-order valence-electron chi connectivity index (χ2n) is 4.34. The number of halogens is 5. The Morgan fingerprint density at radius 2 is 1.90 bits per heavy atom. The Bertz CT molecular complexity index is 412. The minimum absolute atomic E-state index is 0. The molecule has 20 heavy (non-hydrogen) atoms. The van der Waals surface area contributed by atoms with E-state index < -0.39 is 17.9 Å². The fourth-order valence-electron chi connectivity index (χ4n) is 1.74. The van der Waals surface area contributed by atoms with Gasteiger partial charge in [-0.2, -0.15) is 0 Å². The average molecular weight is 316 g/mol. The van der Waals surface area contributed by atoms with E-state index in [1.54, 1.807) is 0 Å². The summed E-state index contributed by atoms with van der Waals surface area (Å²) in [6, 6.07) is 2.94. The van der Waals surface area contributed by atoms with Gasteiger partial charge in [0.25, 0.3) is 0 Å². The van der Waals surface area contributed by atoms with E-state index in [0.29, 0.717) is 12.0 Å². The number of alkyl halides is 3. The van der Waals surface area contributed by atoms with E-state index >= 15 is 0 Å². The molecule has 0 heterocycles. The van der Waals surface area contributed by atoms with Gasteiger partial charge in [0, 0.05) is 6.04 Å². The summed E-state index contributed by atoms with van der Waals surface area (Å²) >= 11 is 0. The Labute approximate surface area is 121 Å². The van der Waals surface area contributed by atoms with E-state index in [1.807, 2.05) is 0 Å². The molecule has 7 heteroatoms. The van der Waals surface area contributed by atoms with Crippen molar-refractivity contribution < 1.29 is 22.3 Å². The Hall–Kier alpha value is -1.01. The van der Waals surface area contributed by atoms with Crippen molar-refractivity contribution >= 4 is 12.4 Å². The minimum atomic E-state index is -4.90. The zero-order chi connectivity index (χ0) is 14.5. The third kappa shape index (κ3) is 6.43. The zero-order valence-corrected chi connectivity index (χ0v) is 11.9. The summed E-state index contributed by atoms with van der Waals surface area (Å²) in [4.78, 5) is 0. The third-order valence-electron chi connectivity index (χ3n) is 2.73. The molecule has 0 fully saturated rings. The topological polar surface area (TPSA) is 35.2 Å². The molecular formula is C13H18ClF4NO. The van der Waals surface area contributed by atoms with Gasteiger partial charge in [-0.1, -0.05) is 32.3 Å². The van der Waals surface area contributed by atoms with Crippen LogP contribution in [0.1, 0.15) is 44.2 Å². The number of hydrogen-bond donors (Lipinski definition) is 1. The number of nitrogens with two attached hydrogens (primary N) is 1. The molecule has 0 unspecified atom stereocenters. The normalized spacial score (nSPS) is 12.7. The van der Waals surface area contributed by atoms with Gasteiger partial charge >= 0.3 is 6.36 Å². The van der Waals surface area contributed by atoms with Gasteiger partial charge in [0.1, 0.15) is 0 Å². The van der Waals surface area contributed by atoms with Gasteiger partial charge in [0.15, 0.2) is 11.6 Å². The van der Waals surface area contributed by atoms with E-state index in [4.69, 9.17) is 5.73 Å². The van der Waals surface area contributed by atoms with Crippen LogP contribution in [0.15, 0.2) is 18.2 Å². The second kappa shape index (κ2) is 8.32. The molecular weight excluding hydrogens is 298 g/mol. The fraction of sp³-hybridized carbons (Fsp3) is 0.538. The predicted molar refractivity (Wildman–Crippen MR) is 71.4 cm³/mol. The maximum Gasteiger partial charge on any atom is 0.573 e. The van der Waals surface area contributed by atoms with Crippen LogP contribution >= 0.6 is 12.4 Å². The van der Waals surface area contributed by atoms with E-state index in [1.165, 1.54) is 6.07 Å². The van der Waals surface area contributed by atoms with Crippen LogP contribution in [-0.4, -0.2) is 6.36 Å². The molecule has 0 amide bonds. The Morgan fingerprint density at radius 1 is 1.25 bits per heavy atom. The fourth-order valence-corrected chi connectivity index (χ4v) is 1.74. The van der Waals surface area contributed by atoms with E-state index in [2.05, 4.69) is 11.7 Å². The standard InChI is InChI=1S/C13H17F4NO.ClH/c1-2-3-4-5-11(18)9-6-7-12(10(14)8-9)19-13(15,16)17;/h6-8,11H,2-5,18H2,1H3;1H/t11-;/m0./s1. The molecule has 116 valence electrons. The molecule has 1 aromatic carbocycles. The van der Waals surface area contributed by atoms with Crippen LogP contribution < -0.4 is 10.5 Å². The summed E-state index contributed by atoms with van der Waals surface area (Å²) in [5.41, 5.74) is 6.33. The highest BCUT2D eigenvalue weighted by molar-refractivity contribution is 5.85. The highest BCUT2D eigenvalue weighted by atomic mass is 35.5. The van der Waals surface area contributed by atoms with Gasteiger partial charge in [0.05, 0.1) is 0 Å². The quantitative estimate of drug-likeness (QED) is 0.608. The van der Waals surface area contributed by atoms with Crippen LogP contribution in [0.2, 0.25) is 0 Å². The smallest absolute Gasteiger partial charge is 0.403 e. The molecule has 0 aromatic heterocycles. The van der Waals surface area contributed by atoms with Crippen molar-refractivity contribution in [2.75, 3.05) is 0 Å². The van der Waals surface area contributed by atoms with Crippen molar-refractivity contribution in [1.29, 1.82) is 0 Å². The van der Waals surface area contributed by atoms with Crippen LogP contribution in [0.4, 0.5) is 17.6 Å². The summed E-state index contributed by atoms with van der Waals surface area (Å²) in [5, 5.41) is 0. The Balaban J connectivity index is 0.00000361. The van der Waals surface area contributed by atoms with Crippen LogP contribution in [0, 0.1) is 5.82 Å². The molecule has 1 aromatic rings. The molecule has 0 saturated carbocycles. The zero-order valence-electron chi connectivity index (χ0n) is 11.0. The van der Waals surface area contributed by atoms with Crippen molar-refractivity contribution in [3.63, 3.8) is 0 Å². The first kappa shape index (κ1) is 19.0. The van der Waals surface area contributed by atoms with Gasteiger partial charge in [-0.3, -0.25) is 0 Å². The van der Waals surface area contributed by atoms with E-state index in [-0.39, 0.29) is 18.4 Å². The molecule has 1 atom stereocenters. The lowest BCUT2D eigenvalue weighted by Crippen LogP contribution is -2.18. The van der Waals surface area contributed by atoms with Gasteiger partial charge in [0.2, 0.25) is 0 Å². The van der Waals surface area contributed by atoms with Gasteiger partial charge in [-0.15, -0.1) is 25.6 Å². The van der Waals surface area contributed by atoms with Crippen molar-refractivity contribution in [3.8, 4) is 5.75 Å².